The van der Waals surface area contributed by atoms with Crippen molar-refractivity contribution in [3.05, 3.63) is 18.1 Å². The summed E-state index contributed by atoms with van der Waals surface area (Å²) >= 11 is 0. The van der Waals surface area contributed by atoms with Crippen LogP contribution in [0, 0.1) is 24.2 Å². The second-order valence-corrected chi connectivity index (χ2v) is 6.71. The molecule has 142 valence electrons. The first-order chi connectivity index (χ1) is 12.8. The van der Waals surface area contributed by atoms with Crippen LogP contribution in [0.15, 0.2) is 12.5 Å². The normalized spacial score (nSPS) is 22.1. The Labute approximate surface area is 156 Å². The Morgan fingerprint density at radius 2 is 2.22 bits per heavy atom. The van der Waals surface area contributed by atoms with Crippen molar-refractivity contribution in [3.8, 4) is 12.3 Å². The van der Waals surface area contributed by atoms with E-state index in [9.17, 15) is 9.59 Å². The Bertz CT molecular complexity index is 930. The van der Waals surface area contributed by atoms with E-state index in [1.54, 1.807) is 18.4 Å². The fraction of sp³-hybridized carbons (Fsp3) is 0.444. The molecule has 1 saturated heterocycles. The Morgan fingerprint density at radius 1 is 1.48 bits per heavy atom. The fourth-order valence-electron chi connectivity index (χ4n) is 3.10. The van der Waals surface area contributed by atoms with Crippen LogP contribution in [-0.4, -0.2) is 39.1 Å². The molecule has 0 aliphatic carbocycles. The van der Waals surface area contributed by atoms with Crippen molar-refractivity contribution >= 4 is 28.7 Å². The first-order valence-corrected chi connectivity index (χ1v) is 8.52. The Hall–Kier alpha value is -3.12. The van der Waals surface area contributed by atoms with E-state index in [1.165, 1.54) is 12.5 Å². The molecule has 0 bridgehead atoms. The summed E-state index contributed by atoms with van der Waals surface area (Å²) in [6.07, 6.45) is 8.02. The third kappa shape index (κ3) is 3.44. The molecule has 3 atom stereocenters. The quantitative estimate of drug-likeness (QED) is 0.587. The number of hydrogen-bond donors (Lipinski definition) is 2. The van der Waals surface area contributed by atoms with Gasteiger partial charge in [-0.2, -0.15) is 0 Å². The molecule has 9 heteroatoms. The zero-order valence-electron chi connectivity index (χ0n) is 15.1. The maximum Gasteiger partial charge on any atom is 0.308 e. The molecule has 1 fully saturated rings. The van der Waals surface area contributed by atoms with E-state index >= 15 is 0 Å². The number of aromatic nitrogens is 3. The van der Waals surface area contributed by atoms with E-state index in [0.29, 0.717) is 17.5 Å². The van der Waals surface area contributed by atoms with Crippen molar-refractivity contribution in [1.82, 2.24) is 14.5 Å². The smallest absolute Gasteiger partial charge is 0.308 e. The lowest BCUT2D eigenvalue weighted by atomic mass is 10.0. The van der Waals surface area contributed by atoms with Crippen LogP contribution in [0.2, 0.25) is 0 Å². The largest absolute Gasteiger partial charge is 0.463 e. The average Bonchev–Trinajstić information content (AvgIpc) is 3.21. The number of nitrogens with two attached hydrogens (primary N) is 2. The van der Waals surface area contributed by atoms with Crippen molar-refractivity contribution < 1.29 is 19.1 Å². The summed E-state index contributed by atoms with van der Waals surface area (Å²) in [5.74, 6) is 1.35. The molecule has 4 N–H and O–H groups in total. The van der Waals surface area contributed by atoms with Gasteiger partial charge in [0.15, 0.2) is 0 Å². The summed E-state index contributed by atoms with van der Waals surface area (Å²) in [6, 6.07) is 0. The minimum atomic E-state index is -0.655. The number of nitrogen functional groups attached to an aromatic ring is 1. The summed E-state index contributed by atoms with van der Waals surface area (Å²) in [7, 11) is 0. The topological polar surface area (TPSA) is 135 Å². The minimum Gasteiger partial charge on any atom is -0.463 e. The zero-order chi connectivity index (χ0) is 19.7. The first-order valence-electron chi connectivity index (χ1n) is 8.52. The number of hydrogen-bond acceptors (Lipinski definition) is 7. The number of terminal acetylenes is 1. The van der Waals surface area contributed by atoms with Crippen LogP contribution in [-0.2, 0) is 14.3 Å². The molecule has 3 heterocycles. The molecule has 0 radical (unpaired) electrons. The third-order valence-corrected chi connectivity index (χ3v) is 4.47. The first kappa shape index (κ1) is 18.7. The molecule has 1 aliphatic rings. The number of carbonyl (C=O) groups is 2. The highest BCUT2D eigenvalue weighted by atomic mass is 16.6. The van der Waals surface area contributed by atoms with Gasteiger partial charge >= 0.3 is 5.97 Å². The standard InChI is InChI=1S/C18H21N5O4/c1-4-10-5-11(7-26-18(25)9(2)3)27-17(10)23-6-12(15(20)24)13-14(19)21-8-22-16(13)23/h1,6,8-11,17H,5,7H2,2-3H3,(H2,20,24)(H2,19,21,22)/t10-,11-,17+/m0/s1. The van der Waals surface area contributed by atoms with Gasteiger partial charge in [0.05, 0.1) is 28.9 Å². The van der Waals surface area contributed by atoms with Crippen LogP contribution in [0.1, 0.15) is 36.9 Å². The molecule has 9 nitrogen and oxygen atoms in total. The maximum absolute atomic E-state index is 11.8. The third-order valence-electron chi connectivity index (χ3n) is 4.47. The van der Waals surface area contributed by atoms with Crippen LogP contribution < -0.4 is 11.5 Å². The van der Waals surface area contributed by atoms with Crippen LogP contribution in [0.4, 0.5) is 5.82 Å². The summed E-state index contributed by atoms with van der Waals surface area (Å²) in [4.78, 5) is 31.6. The van der Waals surface area contributed by atoms with E-state index in [1.807, 2.05) is 0 Å². The number of ether oxygens (including phenoxy) is 2. The van der Waals surface area contributed by atoms with Gasteiger partial charge in [-0.3, -0.25) is 9.59 Å². The number of esters is 1. The van der Waals surface area contributed by atoms with Crippen LogP contribution >= 0.6 is 0 Å². The maximum atomic E-state index is 11.8. The molecular weight excluding hydrogens is 350 g/mol. The molecular formula is C18H21N5O4. The van der Waals surface area contributed by atoms with Gasteiger partial charge in [0, 0.05) is 6.20 Å². The SMILES string of the molecule is C#C[C@H]1C[C@@H](COC(=O)C(C)C)O[C@H]1n1cc(C(N)=O)c2c(N)ncnc21. The second-order valence-electron chi connectivity index (χ2n) is 6.71. The van der Waals surface area contributed by atoms with Gasteiger partial charge in [0.1, 0.15) is 30.6 Å². The molecule has 0 spiro atoms. The monoisotopic (exact) mass is 371 g/mol. The van der Waals surface area contributed by atoms with Crippen molar-refractivity contribution in [2.75, 3.05) is 12.3 Å². The lowest BCUT2D eigenvalue weighted by molar-refractivity contribution is -0.152. The molecule has 0 saturated carbocycles. The van der Waals surface area contributed by atoms with Gasteiger partial charge in [-0.1, -0.05) is 19.8 Å². The highest BCUT2D eigenvalue weighted by molar-refractivity contribution is 6.08. The zero-order valence-corrected chi connectivity index (χ0v) is 15.1. The Kier molecular flexibility index (Phi) is 5.01. The van der Waals surface area contributed by atoms with Gasteiger partial charge in [0.25, 0.3) is 5.91 Å². The fourth-order valence-corrected chi connectivity index (χ4v) is 3.10. The molecule has 1 aliphatic heterocycles. The van der Waals surface area contributed by atoms with Crippen molar-refractivity contribution in [2.45, 2.75) is 32.6 Å². The molecule has 2 aromatic heterocycles. The average molecular weight is 371 g/mol. The summed E-state index contributed by atoms with van der Waals surface area (Å²) < 4.78 is 12.9. The molecule has 1 amide bonds. The summed E-state index contributed by atoms with van der Waals surface area (Å²) in [5.41, 5.74) is 12.0. The molecule has 0 unspecified atom stereocenters. The number of amides is 1. The molecule has 2 aromatic rings. The van der Waals surface area contributed by atoms with Gasteiger partial charge in [0.2, 0.25) is 0 Å². The van der Waals surface area contributed by atoms with Gasteiger partial charge in [-0.15, -0.1) is 6.42 Å². The van der Waals surface area contributed by atoms with Crippen molar-refractivity contribution in [3.63, 3.8) is 0 Å². The number of fused-ring (bicyclic) bond motifs is 1. The van der Waals surface area contributed by atoms with Crippen molar-refractivity contribution in [2.24, 2.45) is 17.6 Å². The van der Waals surface area contributed by atoms with Crippen LogP contribution in [0.25, 0.3) is 11.0 Å². The van der Waals surface area contributed by atoms with Gasteiger partial charge in [-0.05, 0) is 6.42 Å². The highest BCUT2D eigenvalue weighted by Crippen LogP contribution is 2.37. The number of nitrogens with zero attached hydrogens (tertiary/aromatic N) is 3. The van der Waals surface area contributed by atoms with E-state index in [0.717, 1.165) is 0 Å². The van der Waals surface area contributed by atoms with E-state index in [-0.39, 0.29) is 41.9 Å². The Balaban J connectivity index is 1.92. The van der Waals surface area contributed by atoms with E-state index < -0.39 is 12.1 Å². The van der Waals surface area contributed by atoms with Crippen molar-refractivity contribution in [1.29, 1.82) is 0 Å². The lowest BCUT2D eigenvalue weighted by Crippen LogP contribution is -2.21. The number of anilines is 1. The predicted octanol–water partition coefficient (Wildman–Crippen LogP) is 0.849. The molecule has 3 rings (SSSR count). The van der Waals surface area contributed by atoms with Crippen LogP contribution in [0.3, 0.4) is 0 Å². The number of primary amides is 1. The predicted molar refractivity (Wildman–Crippen MR) is 97.1 cm³/mol. The lowest BCUT2D eigenvalue weighted by Gasteiger charge is -2.18. The number of rotatable bonds is 5. The number of carbonyl (C=O) groups excluding carboxylic acids is 2. The minimum absolute atomic E-state index is 0.102. The Morgan fingerprint density at radius 3 is 2.85 bits per heavy atom. The summed E-state index contributed by atoms with van der Waals surface area (Å²) in [6.45, 7) is 3.61. The highest BCUT2D eigenvalue weighted by Gasteiger charge is 2.37. The summed E-state index contributed by atoms with van der Waals surface area (Å²) in [5, 5.41) is 0.360. The van der Waals surface area contributed by atoms with E-state index in [4.69, 9.17) is 27.4 Å². The van der Waals surface area contributed by atoms with E-state index in [2.05, 4.69) is 15.9 Å². The van der Waals surface area contributed by atoms with Crippen LogP contribution in [0.5, 0.6) is 0 Å². The molecule has 0 aromatic carbocycles. The molecule has 27 heavy (non-hydrogen) atoms. The second kappa shape index (κ2) is 7.25. The van der Waals surface area contributed by atoms with Gasteiger partial charge < -0.3 is 25.5 Å². The van der Waals surface area contributed by atoms with Gasteiger partial charge in [-0.25, -0.2) is 9.97 Å².